The fourth-order valence-corrected chi connectivity index (χ4v) is 4.43. The van der Waals surface area contributed by atoms with Crippen LogP contribution in [0.25, 0.3) is 11.2 Å². The van der Waals surface area contributed by atoms with Gasteiger partial charge in [-0.05, 0) is 48.8 Å². The Morgan fingerprint density at radius 1 is 0.933 bits per heavy atom. The Bertz CT molecular complexity index is 1200. The second-order valence-electron chi connectivity index (χ2n) is 8.40. The van der Waals surface area contributed by atoms with Gasteiger partial charge in [-0.25, -0.2) is 14.6 Å². The van der Waals surface area contributed by atoms with Crippen LogP contribution in [0.5, 0.6) is 0 Å². The lowest BCUT2D eigenvalue weighted by atomic mass is 9.88. The lowest BCUT2D eigenvalue weighted by molar-refractivity contribution is 0.598. The molecule has 150 valence electrons. The smallest absolute Gasteiger partial charge is 0.184 e. The molecule has 1 fully saturated rings. The van der Waals surface area contributed by atoms with Crippen molar-refractivity contribution < 1.29 is 0 Å². The van der Waals surface area contributed by atoms with E-state index in [0.29, 0.717) is 12.5 Å². The maximum atomic E-state index is 4.91. The zero-order chi connectivity index (χ0) is 19.9. The summed E-state index contributed by atoms with van der Waals surface area (Å²) in [7, 11) is 0. The molecule has 6 heteroatoms. The van der Waals surface area contributed by atoms with Crippen LogP contribution in [0.1, 0.15) is 60.2 Å². The topological polar surface area (TPSA) is 68.5 Å². The van der Waals surface area contributed by atoms with Crippen molar-refractivity contribution in [1.29, 1.82) is 0 Å². The summed E-state index contributed by atoms with van der Waals surface area (Å²) in [4.78, 5) is 9.79. The van der Waals surface area contributed by atoms with E-state index in [-0.39, 0.29) is 6.04 Å². The fraction of sp³-hybridized carbons (Fsp3) is 0.333. The van der Waals surface area contributed by atoms with Crippen molar-refractivity contribution in [3.05, 3.63) is 77.1 Å². The van der Waals surface area contributed by atoms with E-state index in [2.05, 4.69) is 52.0 Å². The molecule has 30 heavy (non-hydrogen) atoms. The van der Waals surface area contributed by atoms with Gasteiger partial charge < -0.3 is 5.32 Å². The van der Waals surface area contributed by atoms with Crippen LogP contribution in [0.4, 0.5) is 5.82 Å². The first kappa shape index (κ1) is 17.6. The van der Waals surface area contributed by atoms with E-state index < -0.39 is 0 Å². The van der Waals surface area contributed by atoms with Gasteiger partial charge in [-0.1, -0.05) is 59.8 Å². The second-order valence-corrected chi connectivity index (χ2v) is 8.40. The van der Waals surface area contributed by atoms with Gasteiger partial charge in [-0.2, -0.15) is 0 Å². The van der Waals surface area contributed by atoms with E-state index in [9.17, 15) is 0 Å². The van der Waals surface area contributed by atoms with Crippen LogP contribution in [0.2, 0.25) is 0 Å². The summed E-state index contributed by atoms with van der Waals surface area (Å²) in [5.41, 5.74) is 5.58. The molecule has 1 atom stereocenters. The van der Waals surface area contributed by atoms with Crippen molar-refractivity contribution in [2.24, 2.45) is 0 Å². The Hall–Kier alpha value is -3.28. The average molecular weight is 396 g/mol. The number of rotatable bonds is 5. The summed E-state index contributed by atoms with van der Waals surface area (Å²) >= 11 is 0. The van der Waals surface area contributed by atoms with E-state index in [0.717, 1.165) is 48.5 Å². The zero-order valence-electron chi connectivity index (χ0n) is 16.8. The molecule has 0 amide bonds. The van der Waals surface area contributed by atoms with Crippen molar-refractivity contribution in [3.63, 3.8) is 0 Å². The monoisotopic (exact) mass is 396 g/mol. The third-order valence-corrected chi connectivity index (χ3v) is 6.18. The predicted octanol–water partition coefficient (Wildman–Crippen LogP) is 4.64. The van der Waals surface area contributed by atoms with Gasteiger partial charge in [0.1, 0.15) is 5.82 Å². The Labute approximate surface area is 175 Å². The number of fused-ring (bicyclic) bond motifs is 2. The first-order valence-corrected chi connectivity index (χ1v) is 10.8. The molecule has 4 aromatic rings. The number of hydrogen-bond donors (Lipinski definition) is 1. The number of aromatic nitrogens is 5. The van der Waals surface area contributed by atoms with Gasteiger partial charge in [0.15, 0.2) is 17.0 Å². The van der Waals surface area contributed by atoms with Crippen molar-refractivity contribution in [2.75, 3.05) is 5.32 Å². The van der Waals surface area contributed by atoms with Gasteiger partial charge in [0.05, 0.1) is 12.6 Å². The molecule has 2 aliphatic rings. The summed E-state index contributed by atoms with van der Waals surface area (Å²) in [5, 5.41) is 12.6. The van der Waals surface area contributed by atoms with E-state index in [4.69, 9.17) is 9.97 Å². The van der Waals surface area contributed by atoms with E-state index in [1.54, 1.807) is 0 Å². The minimum Gasteiger partial charge on any atom is -0.361 e. The third-order valence-electron chi connectivity index (χ3n) is 6.18. The van der Waals surface area contributed by atoms with Crippen LogP contribution in [0, 0.1) is 0 Å². The lowest BCUT2D eigenvalue weighted by Gasteiger charge is -2.26. The fourth-order valence-electron chi connectivity index (χ4n) is 4.43. The summed E-state index contributed by atoms with van der Waals surface area (Å²) in [5.74, 6) is 2.21. The molecule has 0 aliphatic heterocycles. The molecular formula is C24H24N6. The van der Waals surface area contributed by atoms with Gasteiger partial charge in [0, 0.05) is 5.92 Å². The van der Waals surface area contributed by atoms with Crippen LogP contribution in [0.15, 0.2) is 54.6 Å². The van der Waals surface area contributed by atoms with Gasteiger partial charge in [-0.3, -0.25) is 0 Å². The standard InChI is InChI=1S/C24H24N6/c1-2-7-16(8-3-1)15-30-24-21(28-29-30)23(26-22(27-24)18-13-14-18)25-20-12-6-10-17-9-4-5-11-19(17)20/h1-5,7-9,11,18,20H,6,10,12-15H2,(H,25,26,27). The summed E-state index contributed by atoms with van der Waals surface area (Å²) in [6.45, 7) is 0.657. The molecule has 2 aromatic heterocycles. The van der Waals surface area contributed by atoms with E-state index >= 15 is 0 Å². The van der Waals surface area contributed by atoms with Gasteiger partial charge in [0.25, 0.3) is 0 Å². The molecule has 0 spiro atoms. The Kier molecular flexibility index (Phi) is 4.22. The van der Waals surface area contributed by atoms with Crippen molar-refractivity contribution in [2.45, 2.75) is 50.6 Å². The summed E-state index contributed by atoms with van der Waals surface area (Å²) < 4.78 is 1.90. The first-order chi connectivity index (χ1) is 14.8. The van der Waals surface area contributed by atoms with E-state index in [1.807, 2.05) is 22.9 Å². The molecule has 1 N–H and O–H groups in total. The maximum Gasteiger partial charge on any atom is 0.184 e. The van der Waals surface area contributed by atoms with Crippen molar-refractivity contribution >= 4 is 17.0 Å². The van der Waals surface area contributed by atoms with Gasteiger partial charge in [0.2, 0.25) is 0 Å². The number of nitrogens with zero attached hydrogens (tertiary/aromatic N) is 5. The van der Waals surface area contributed by atoms with Crippen LogP contribution < -0.4 is 5.32 Å². The Balaban J connectivity index is 1.40. The second kappa shape index (κ2) is 7.20. The number of hydrogen-bond acceptors (Lipinski definition) is 5. The molecular weight excluding hydrogens is 372 g/mol. The highest BCUT2D eigenvalue weighted by molar-refractivity contribution is 5.82. The normalized spacial score (nSPS) is 18.3. The third kappa shape index (κ3) is 3.22. The Morgan fingerprint density at radius 2 is 1.77 bits per heavy atom. The number of nitrogens with one attached hydrogen (secondary N) is 1. The number of aryl methyl sites for hydroxylation is 1. The average Bonchev–Trinajstić information content (AvgIpc) is 3.57. The molecule has 2 heterocycles. The van der Waals surface area contributed by atoms with Gasteiger partial charge in [-0.15, -0.1) is 5.10 Å². The summed E-state index contributed by atoms with van der Waals surface area (Å²) in [6, 6.07) is 19.3. The van der Waals surface area contributed by atoms with Crippen molar-refractivity contribution in [1.82, 2.24) is 25.0 Å². The molecule has 0 bridgehead atoms. The maximum absolute atomic E-state index is 4.91. The van der Waals surface area contributed by atoms with Crippen LogP contribution in [-0.4, -0.2) is 25.0 Å². The molecule has 0 radical (unpaired) electrons. The van der Waals surface area contributed by atoms with Gasteiger partial charge >= 0.3 is 0 Å². The van der Waals surface area contributed by atoms with E-state index in [1.165, 1.54) is 23.1 Å². The molecule has 2 aliphatic carbocycles. The summed E-state index contributed by atoms with van der Waals surface area (Å²) in [6.07, 6.45) is 5.75. The number of benzene rings is 2. The zero-order valence-corrected chi connectivity index (χ0v) is 16.8. The molecule has 2 aromatic carbocycles. The lowest BCUT2D eigenvalue weighted by Crippen LogP contribution is -2.18. The van der Waals surface area contributed by atoms with Crippen molar-refractivity contribution in [3.8, 4) is 0 Å². The van der Waals surface area contributed by atoms with Crippen LogP contribution >= 0.6 is 0 Å². The highest BCUT2D eigenvalue weighted by Crippen LogP contribution is 2.40. The Morgan fingerprint density at radius 3 is 2.63 bits per heavy atom. The van der Waals surface area contributed by atoms with Crippen LogP contribution in [0.3, 0.4) is 0 Å². The predicted molar refractivity (Wildman–Crippen MR) is 116 cm³/mol. The molecule has 6 nitrogen and oxygen atoms in total. The highest BCUT2D eigenvalue weighted by atomic mass is 15.4. The minimum atomic E-state index is 0.249. The quantitative estimate of drug-likeness (QED) is 0.532. The number of anilines is 1. The highest BCUT2D eigenvalue weighted by Gasteiger charge is 2.30. The minimum absolute atomic E-state index is 0.249. The first-order valence-electron chi connectivity index (χ1n) is 10.8. The molecule has 0 saturated heterocycles. The van der Waals surface area contributed by atoms with Crippen LogP contribution in [-0.2, 0) is 13.0 Å². The largest absolute Gasteiger partial charge is 0.361 e. The SMILES string of the molecule is c1ccc(Cn2nnc3c(NC4CCCc5ccccc54)nc(C4CC4)nc32)cc1. The molecule has 1 unspecified atom stereocenters. The molecule has 1 saturated carbocycles. The molecule has 6 rings (SSSR count).